The Morgan fingerprint density at radius 2 is 1.92 bits per heavy atom. The molecule has 5 nitrogen and oxygen atoms in total. The summed E-state index contributed by atoms with van der Waals surface area (Å²) in [6.45, 7) is 1.96. The molecule has 0 spiro atoms. The summed E-state index contributed by atoms with van der Waals surface area (Å²) in [6.07, 6.45) is 5.01. The number of carbonyl (C=O) groups excluding carboxylic acids is 1. The van der Waals surface area contributed by atoms with Crippen LogP contribution in [0.3, 0.4) is 0 Å². The minimum Gasteiger partial charge on any atom is -0.493 e. The lowest BCUT2D eigenvalue weighted by Gasteiger charge is -2.30. The molecule has 1 atom stereocenters. The minimum atomic E-state index is -0.843. The number of rotatable bonds is 6. The number of benzene rings is 1. The van der Waals surface area contributed by atoms with E-state index in [1.165, 1.54) is 0 Å². The largest absolute Gasteiger partial charge is 0.493 e. The highest BCUT2D eigenvalue weighted by atomic mass is 16.5. The molecule has 2 rings (SSSR count). The molecule has 5 heteroatoms. The summed E-state index contributed by atoms with van der Waals surface area (Å²) in [5.74, 6) is 1.23. The Hall–Kier alpha value is -2.22. The van der Waals surface area contributed by atoms with Crippen molar-refractivity contribution in [1.29, 1.82) is 5.26 Å². The third-order valence-electron chi connectivity index (χ3n) is 4.72. The molecule has 0 aliphatic heterocycles. The molecule has 1 aliphatic rings. The number of hydrogen-bond acceptors (Lipinski definition) is 4. The van der Waals surface area contributed by atoms with Crippen molar-refractivity contribution in [2.75, 3.05) is 14.2 Å². The highest BCUT2D eigenvalue weighted by Gasteiger charge is 2.40. The Balaban J connectivity index is 2.01. The zero-order chi connectivity index (χ0) is 17.6. The van der Waals surface area contributed by atoms with Gasteiger partial charge in [0.1, 0.15) is 5.41 Å². The molecule has 130 valence electrons. The van der Waals surface area contributed by atoms with Crippen LogP contribution in [0.1, 0.15) is 44.6 Å². The van der Waals surface area contributed by atoms with Crippen LogP contribution in [-0.4, -0.2) is 26.2 Å². The molecule has 1 amide bonds. The second kappa shape index (κ2) is 8.05. The molecule has 24 heavy (non-hydrogen) atoms. The molecule has 0 heterocycles. The zero-order valence-electron chi connectivity index (χ0n) is 14.7. The van der Waals surface area contributed by atoms with Gasteiger partial charge in [0.2, 0.25) is 5.91 Å². The van der Waals surface area contributed by atoms with Crippen molar-refractivity contribution < 1.29 is 14.3 Å². The molecule has 0 bridgehead atoms. The third-order valence-corrected chi connectivity index (χ3v) is 4.72. The molecule has 1 aromatic carbocycles. The van der Waals surface area contributed by atoms with E-state index in [0.717, 1.165) is 24.8 Å². The van der Waals surface area contributed by atoms with E-state index in [9.17, 15) is 10.1 Å². The molecule has 1 aromatic rings. The highest BCUT2D eigenvalue weighted by Crippen LogP contribution is 2.36. The van der Waals surface area contributed by atoms with Gasteiger partial charge in [0.05, 0.1) is 20.3 Å². The molecule has 1 N–H and O–H groups in total. The van der Waals surface area contributed by atoms with Gasteiger partial charge in [-0.05, 0) is 43.9 Å². The quantitative estimate of drug-likeness (QED) is 0.869. The van der Waals surface area contributed by atoms with E-state index in [-0.39, 0.29) is 11.9 Å². The van der Waals surface area contributed by atoms with Crippen molar-refractivity contribution >= 4 is 5.91 Å². The van der Waals surface area contributed by atoms with Crippen molar-refractivity contribution in [2.24, 2.45) is 5.41 Å². The van der Waals surface area contributed by atoms with Crippen LogP contribution in [-0.2, 0) is 11.2 Å². The van der Waals surface area contributed by atoms with E-state index < -0.39 is 5.41 Å². The van der Waals surface area contributed by atoms with E-state index in [2.05, 4.69) is 11.4 Å². The fourth-order valence-electron chi connectivity index (χ4n) is 3.32. The first-order valence-electron chi connectivity index (χ1n) is 8.48. The van der Waals surface area contributed by atoms with Crippen molar-refractivity contribution in [3.8, 4) is 17.6 Å². The van der Waals surface area contributed by atoms with E-state index in [4.69, 9.17) is 9.47 Å². The van der Waals surface area contributed by atoms with Crippen molar-refractivity contribution in [1.82, 2.24) is 5.32 Å². The van der Waals surface area contributed by atoms with Crippen LogP contribution in [0.4, 0.5) is 0 Å². The Kier molecular flexibility index (Phi) is 6.08. The van der Waals surface area contributed by atoms with Crippen LogP contribution >= 0.6 is 0 Å². The first-order chi connectivity index (χ1) is 11.5. The zero-order valence-corrected chi connectivity index (χ0v) is 14.7. The lowest BCUT2D eigenvalue weighted by molar-refractivity contribution is -0.130. The first-order valence-corrected chi connectivity index (χ1v) is 8.48. The number of nitriles is 1. The summed E-state index contributed by atoms with van der Waals surface area (Å²) < 4.78 is 10.5. The molecule has 0 radical (unpaired) electrons. The van der Waals surface area contributed by atoms with Crippen LogP contribution in [0.25, 0.3) is 0 Å². The number of amides is 1. The van der Waals surface area contributed by atoms with E-state index in [0.29, 0.717) is 30.8 Å². The second-order valence-corrected chi connectivity index (χ2v) is 6.52. The number of nitrogens with one attached hydrogen (secondary N) is 1. The second-order valence-electron chi connectivity index (χ2n) is 6.52. The van der Waals surface area contributed by atoms with Crippen LogP contribution in [0.2, 0.25) is 0 Å². The Bertz CT molecular complexity index is 616. The summed E-state index contributed by atoms with van der Waals surface area (Å²) in [7, 11) is 3.21. The molecule has 0 unspecified atom stereocenters. The SMILES string of the molecule is COc1ccc(C[C@H](C)NC(=O)C2(C#N)CCCCC2)cc1OC. The van der Waals surface area contributed by atoms with Crippen LogP contribution in [0.5, 0.6) is 11.5 Å². The van der Waals surface area contributed by atoms with Gasteiger partial charge in [-0.2, -0.15) is 5.26 Å². The van der Waals surface area contributed by atoms with Gasteiger partial charge in [-0.15, -0.1) is 0 Å². The monoisotopic (exact) mass is 330 g/mol. The average Bonchev–Trinajstić information content (AvgIpc) is 2.61. The van der Waals surface area contributed by atoms with Crippen molar-refractivity contribution in [2.45, 2.75) is 51.5 Å². The number of methoxy groups -OCH3 is 2. The van der Waals surface area contributed by atoms with E-state index in [1.807, 2.05) is 25.1 Å². The fraction of sp³-hybridized carbons (Fsp3) is 0.579. The van der Waals surface area contributed by atoms with Gasteiger partial charge in [-0.25, -0.2) is 0 Å². The predicted molar refractivity (Wildman–Crippen MR) is 92.0 cm³/mol. The summed E-state index contributed by atoms with van der Waals surface area (Å²) >= 11 is 0. The smallest absolute Gasteiger partial charge is 0.240 e. The maximum absolute atomic E-state index is 12.6. The number of ether oxygens (including phenoxy) is 2. The van der Waals surface area contributed by atoms with E-state index >= 15 is 0 Å². The molecule has 1 saturated carbocycles. The molecule has 0 aromatic heterocycles. The molecule has 0 saturated heterocycles. The van der Waals surface area contributed by atoms with Gasteiger partial charge in [0.25, 0.3) is 0 Å². The van der Waals surface area contributed by atoms with Gasteiger partial charge in [0, 0.05) is 6.04 Å². The summed E-state index contributed by atoms with van der Waals surface area (Å²) in [6, 6.07) is 7.96. The molecular formula is C19H26N2O3. The Morgan fingerprint density at radius 3 is 2.50 bits per heavy atom. The predicted octanol–water partition coefficient (Wildman–Crippen LogP) is 3.23. The first kappa shape index (κ1) is 18.1. The maximum atomic E-state index is 12.6. The van der Waals surface area contributed by atoms with E-state index in [1.54, 1.807) is 14.2 Å². The van der Waals surface area contributed by atoms with Crippen molar-refractivity contribution in [3.63, 3.8) is 0 Å². The summed E-state index contributed by atoms with van der Waals surface area (Å²) in [5, 5.41) is 12.5. The summed E-state index contributed by atoms with van der Waals surface area (Å²) in [4.78, 5) is 12.6. The van der Waals surface area contributed by atoms with Crippen molar-refractivity contribution in [3.05, 3.63) is 23.8 Å². The standard InChI is InChI=1S/C19H26N2O3/c1-14(11-15-7-8-16(23-2)17(12-15)24-3)21-18(22)19(13-20)9-5-4-6-10-19/h7-8,12,14H,4-6,9-11H2,1-3H3,(H,21,22)/t14-/m0/s1. The van der Waals surface area contributed by atoms with Gasteiger partial charge in [-0.1, -0.05) is 25.3 Å². The molecule has 1 aliphatic carbocycles. The molecular weight excluding hydrogens is 304 g/mol. The summed E-state index contributed by atoms with van der Waals surface area (Å²) in [5.41, 5.74) is 0.208. The average molecular weight is 330 g/mol. The van der Waals surface area contributed by atoms with Gasteiger partial charge in [0.15, 0.2) is 11.5 Å². The topological polar surface area (TPSA) is 71.3 Å². The Labute approximate surface area is 144 Å². The van der Waals surface area contributed by atoms with Gasteiger partial charge < -0.3 is 14.8 Å². The van der Waals surface area contributed by atoms with Crippen LogP contribution < -0.4 is 14.8 Å². The lowest BCUT2D eigenvalue weighted by atomic mass is 9.74. The lowest BCUT2D eigenvalue weighted by Crippen LogP contribution is -2.45. The number of nitrogens with zero attached hydrogens (tertiary/aromatic N) is 1. The minimum absolute atomic E-state index is 0.0530. The maximum Gasteiger partial charge on any atom is 0.240 e. The third kappa shape index (κ3) is 4.00. The van der Waals surface area contributed by atoms with Gasteiger partial charge >= 0.3 is 0 Å². The number of carbonyl (C=O) groups is 1. The number of hydrogen-bond donors (Lipinski definition) is 1. The van der Waals surface area contributed by atoms with Crippen LogP contribution in [0, 0.1) is 16.7 Å². The van der Waals surface area contributed by atoms with Gasteiger partial charge in [-0.3, -0.25) is 4.79 Å². The Morgan fingerprint density at radius 1 is 1.25 bits per heavy atom. The van der Waals surface area contributed by atoms with Crippen LogP contribution in [0.15, 0.2) is 18.2 Å². The normalized spacial score (nSPS) is 17.4. The highest BCUT2D eigenvalue weighted by molar-refractivity contribution is 5.85. The fourth-order valence-corrected chi connectivity index (χ4v) is 3.32. The molecule has 1 fully saturated rings.